The van der Waals surface area contributed by atoms with Crippen molar-refractivity contribution in [1.29, 1.82) is 0 Å². The molecule has 0 bridgehead atoms. The molecule has 1 aliphatic heterocycles. The number of piperidine rings is 1. The second kappa shape index (κ2) is 7.56. The number of hydrogen-bond donors (Lipinski definition) is 2. The molecule has 2 aromatic heterocycles. The number of benzene rings is 2. The van der Waals surface area contributed by atoms with Gasteiger partial charge in [-0.25, -0.2) is 0 Å². The van der Waals surface area contributed by atoms with Gasteiger partial charge in [-0.15, -0.1) is 0 Å². The number of H-pyrrole nitrogens is 2. The van der Waals surface area contributed by atoms with Crippen molar-refractivity contribution in [3.05, 3.63) is 52.4 Å². The van der Waals surface area contributed by atoms with Crippen molar-refractivity contribution in [2.45, 2.75) is 32.6 Å². The number of aromatic nitrogens is 2. The summed E-state index contributed by atoms with van der Waals surface area (Å²) >= 11 is 0. The lowest BCUT2D eigenvalue weighted by atomic mass is 10.0. The fraction of sp³-hybridized carbons (Fsp3) is 0.375. The summed E-state index contributed by atoms with van der Waals surface area (Å²) in [6.45, 7) is 6.17. The molecule has 2 aromatic carbocycles. The van der Waals surface area contributed by atoms with Gasteiger partial charge in [0.05, 0.1) is 10.9 Å². The van der Waals surface area contributed by atoms with Crippen LogP contribution in [-0.2, 0) is 6.42 Å². The van der Waals surface area contributed by atoms with E-state index in [-0.39, 0.29) is 5.56 Å². The first-order chi connectivity index (χ1) is 14.2. The molecule has 0 spiro atoms. The van der Waals surface area contributed by atoms with E-state index in [1.54, 1.807) is 0 Å². The highest BCUT2D eigenvalue weighted by molar-refractivity contribution is 6.20. The molecule has 0 unspecified atom stereocenters. The topological polar surface area (TPSA) is 61.1 Å². The van der Waals surface area contributed by atoms with Gasteiger partial charge in [0.2, 0.25) is 0 Å². The Morgan fingerprint density at radius 2 is 1.93 bits per heavy atom. The van der Waals surface area contributed by atoms with Crippen LogP contribution >= 0.6 is 0 Å². The number of nitrogens with one attached hydrogen (secondary N) is 2. The van der Waals surface area contributed by atoms with Crippen molar-refractivity contribution in [3.8, 4) is 5.75 Å². The van der Waals surface area contributed by atoms with Crippen molar-refractivity contribution in [1.82, 2.24) is 14.9 Å². The molecule has 5 heteroatoms. The lowest BCUT2D eigenvalue weighted by molar-refractivity contribution is 0.183. The lowest BCUT2D eigenvalue weighted by Crippen LogP contribution is -2.33. The Labute approximate surface area is 169 Å². The Bertz CT molecular complexity index is 1230. The normalized spacial score (nSPS) is 15.5. The van der Waals surface area contributed by atoms with Crippen LogP contribution in [0.25, 0.3) is 32.6 Å². The van der Waals surface area contributed by atoms with Crippen molar-refractivity contribution in [3.63, 3.8) is 0 Å². The number of nitrogens with zero attached hydrogens (tertiary/aromatic N) is 1. The minimum atomic E-state index is -0.0437. The molecule has 3 heterocycles. The summed E-state index contributed by atoms with van der Waals surface area (Å²) in [4.78, 5) is 21.5. The maximum atomic E-state index is 12.6. The molecule has 150 valence electrons. The molecule has 0 atom stereocenters. The van der Waals surface area contributed by atoms with Gasteiger partial charge < -0.3 is 14.7 Å². The molecule has 0 saturated carbocycles. The van der Waals surface area contributed by atoms with Gasteiger partial charge in [-0.3, -0.25) is 9.69 Å². The molecule has 29 heavy (non-hydrogen) atoms. The Morgan fingerprint density at radius 1 is 1.07 bits per heavy atom. The van der Waals surface area contributed by atoms with Gasteiger partial charge in [0.15, 0.2) is 0 Å². The van der Waals surface area contributed by atoms with E-state index in [1.165, 1.54) is 32.4 Å². The maximum absolute atomic E-state index is 12.6. The Balaban J connectivity index is 1.49. The van der Waals surface area contributed by atoms with E-state index in [0.717, 1.165) is 56.9 Å². The van der Waals surface area contributed by atoms with Crippen molar-refractivity contribution < 1.29 is 4.74 Å². The molecule has 5 rings (SSSR count). The molecular formula is C24H27N3O2. The van der Waals surface area contributed by atoms with Gasteiger partial charge in [0.1, 0.15) is 12.4 Å². The van der Waals surface area contributed by atoms with E-state index in [1.807, 2.05) is 12.3 Å². The highest BCUT2D eigenvalue weighted by Gasteiger charge is 2.14. The predicted octanol–water partition coefficient (Wildman–Crippen LogP) is 4.59. The molecule has 0 amide bonds. The largest absolute Gasteiger partial charge is 0.492 e. The van der Waals surface area contributed by atoms with Crippen LogP contribution in [0.3, 0.4) is 0 Å². The van der Waals surface area contributed by atoms with Gasteiger partial charge in [0, 0.05) is 23.6 Å². The SMILES string of the molecule is CCc1c[nH]c(=O)c2c1[nH]c1ccc3cc(OCCN4CCCCC4)ccc3c12. The van der Waals surface area contributed by atoms with E-state index >= 15 is 0 Å². The number of hydrogen-bond acceptors (Lipinski definition) is 3. The van der Waals surface area contributed by atoms with Crippen LogP contribution in [0, 0.1) is 0 Å². The van der Waals surface area contributed by atoms with Crippen LogP contribution in [0.15, 0.2) is 41.3 Å². The van der Waals surface area contributed by atoms with Crippen LogP contribution in [0.2, 0.25) is 0 Å². The van der Waals surface area contributed by atoms with E-state index in [2.05, 4.69) is 46.1 Å². The van der Waals surface area contributed by atoms with Gasteiger partial charge in [0.25, 0.3) is 5.56 Å². The number of ether oxygens (including phenoxy) is 1. The molecule has 1 fully saturated rings. The van der Waals surface area contributed by atoms with Crippen LogP contribution in [0.5, 0.6) is 5.75 Å². The number of fused-ring (bicyclic) bond motifs is 5. The quantitative estimate of drug-likeness (QED) is 0.525. The van der Waals surface area contributed by atoms with E-state index in [0.29, 0.717) is 6.61 Å². The fourth-order valence-corrected chi connectivity index (χ4v) is 4.61. The average molecular weight is 389 g/mol. The van der Waals surface area contributed by atoms with Crippen LogP contribution in [-0.4, -0.2) is 41.1 Å². The second-order valence-electron chi connectivity index (χ2n) is 7.99. The Kier molecular flexibility index (Phi) is 4.76. The van der Waals surface area contributed by atoms with E-state index < -0.39 is 0 Å². The second-order valence-corrected chi connectivity index (χ2v) is 7.99. The highest BCUT2D eigenvalue weighted by atomic mass is 16.5. The highest BCUT2D eigenvalue weighted by Crippen LogP contribution is 2.33. The summed E-state index contributed by atoms with van der Waals surface area (Å²) in [6.07, 6.45) is 6.64. The first-order valence-corrected chi connectivity index (χ1v) is 10.7. The molecule has 5 nitrogen and oxygen atoms in total. The molecule has 1 saturated heterocycles. The zero-order valence-electron chi connectivity index (χ0n) is 16.9. The Morgan fingerprint density at radius 3 is 2.76 bits per heavy atom. The third-order valence-electron chi connectivity index (χ3n) is 6.18. The molecule has 1 aliphatic rings. The summed E-state index contributed by atoms with van der Waals surface area (Å²) in [6, 6.07) is 10.4. The maximum Gasteiger partial charge on any atom is 0.258 e. The minimum absolute atomic E-state index is 0.0437. The van der Waals surface area contributed by atoms with Gasteiger partial charge >= 0.3 is 0 Å². The number of aryl methyl sites for hydroxylation is 1. The third-order valence-corrected chi connectivity index (χ3v) is 6.18. The van der Waals surface area contributed by atoms with Crippen molar-refractivity contribution in [2.24, 2.45) is 0 Å². The van der Waals surface area contributed by atoms with E-state index in [9.17, 15) is 4.79 Å². The lowest BCUT2D eigenvalue weighted by Gasteiger charge is -2.26. The molecular weight excluding hydrogens is 362 g/mol. The van der Waals surface area contributed by atoms with Gasteiger partial charge in [-0.2, -0.15) is 0 Å². The molecule has 4 aromatic rings. The number of likely N-dealkylation sites (tertiary alicyclic amines) is 1. The summed E-state index contributed by atoms with van der Waals surface area (Å²) < 4.78 is 6.04. The van der Waals surface area contributed by atoms with Crippen molar-refractivity contribution >= 4 is 32.6 Å². The number of rotatable bonds is 5. The van der Waals surface area contributed by atoms with Crippen LogP contribution < -0.4 is 10.3 Å². The summed E-state index contributed by atoms with van der Waals surface area (Å²) in [7, 11) is 0. The zero-order chi connectivity index (χ0) is 19.8. The molecule has 2 N–H and O–H groups in total. The minimum Gasteiger partial charge on any atom is -0.492 e. The predicted molar refractivity (Wildman–Crippen MR) is 119 cm³/mol. The van der Waals surface area contributed by atoms with Crippen LogP contribution in [0.1, 0.15) is 31.7 Å². The van der Waals surface area contributed by atoms with Gasteiger partial charge in [-0.1, -0.05) is 19.4 Å². The average Bonchev–Trinajstić information content (AvgIpc) is 3.15. The summed E-state index contributed by atoms with van der Waals surface area (Å²) in [5.74, 6) is 0.886. The van der Waals surface area contributed by atoms with Gasteiger partial charge in [-0.05, 0) is 73.0 Å². The van der Waals surface area contributed by atoms with E-state index in [4.69, 9.17) is 4.74 Å². The fourth-order valence-electron chi connectivity index (χ4n) is 4.61. The monoisotopic (exact) mass is 389 g/mol. The van der Waals surface area contributed by atoms with Crippen molar-refractivity contribution in [2.75, 3.05) is 26.2 Å². The smallest absolute Gasteiger partial charge is 0.258 e. The number of pyridine rings is 1. The summed E-state index contributed by atoms with van der Waals surface area (Å²) in [5, 5.41) is 3.92. The standard InChI is InChI=1S/C24H27N3O2/c1-2-16-15-25-24(28)22-21-19-8-7-18(29-13-12-27-10-4-3-5-11-27)14-17(19)6-9-20(21)26-23(16)22/h6-9,14-15,26H,2-5,10-13H2,1H3,(H,25,28). The third kappa shape index (κ3) is 3.29. The molecule has 0 radical (unpaired) electrons. The zero-order valence-corrected chi connectivity index (χ0v) is 16.9. The first kappa shape index (κ1) is 18.3. The summed E-state index contributed by atoms with van der Waals surface area (Å²) in [5.41, 5.74) is 3.03. The number of aromatic amines is 2. The molecule has 0 aliphatic carbocycles. The first-order valence-electron chi connectivity index (χ1n) is 10.7. The van der Waals surface area contributed by atoms with Crippen LogP contribution in [0.4, 0.5) is 0 Å². The Hall–Kier alpha value is -2.79.